The summed E-state index contributed by atoms with van der Waals surface area (Å²) in [4.78, 5) is 41.4. The average Bonchev–Trinajstić information content (AvgIpc) is 3.37. The van der Waals surface area contributed by atoms with Crippen LogP contribution >= 0.6 is 11.6 Å². The number of fused-ring (bicyclic) bond motifs is 3. The zero-order chi connectivity index (χ0) is 30.2. The van der Waals surface area contributed by atoms with Crippen molar-refractivity contribution in [2.24, 2.45) is 5.73 Å². The van der Waals surface area contributed by atoms with Crippen molar-refractivity contribution in [3.8, 4) is 11.1 Å². The van der Waals surface area contributed by atoms with Crippen molar-refractivity contribution in [3.63, 3.8) is 0 Å². The maximum absolute atomic E-state index is 13.3. The fourth-order valence-electron chi connectivity index (χ4n) is 5.18. The summed E-state index contributed by atoms with van der Waals surface area (Å²) in [6, 6.07) is 26.4. The second-order valence-corrected chi connectivity index (χ2v) is 10.5. The average molecular weight is 591 g/mol. The summed E-state index contributed by atoms with van der Waals surface area (Å²) in [7, 11) is 0. The van der Waals surface area contributed by atoms with Gasteiger partial charge >= 0.3 is 0 Å². The zero-order valence-electron chi connectivity index (χ0n) is 22.8. The third kappa shape index (κ3) is 5.31. The van der Waals surface area contributed by atoms with Crippen molar-refractivity contribution in [1.82, 2.24) is 4.98 Å². The van der Waals surface area contributed by atoms with E-state index in [4.69, 9.17) is 17.3 Å². The molecule has 0 saturated carbocycles. The van der Waals surface area contributed by atoms with E-state index in [0.717, 1.165) is 27.5 Å². The molecule has 1 aromatic heterocycles. The molecule has 0 aliphatic carbocycles. The number of benzene rings is 5. The van der Waals surface area contributed by atoms with Gasteiger partial charge in [-0.15, -0.1) is 0 Å². The minimum absolute atomic E-state index is 0.291. The van der Waals surface area contributed by atoms with Gasteiger partial charge in [-0.1, -0.05) is 35.9 Å². The Bertz CT molecular complexity index is 2070. The predicted molar refractivity (Wildman–Crippen MR) is 168 cm³/mol. The molecular formula is C34H24ClFN4O3. The van der Waals surface area contributed by atoms with Gasteiger partial charge in [-0.3, -0.25) is 14.4 Å². The molecule has 6 rings (SSSR count). The Morgan fingerprint density at radius 3 is 2.16 bits per heavy atom. The second kappa shape index (κ2) is 11.1. The predicted octanol–water partition coefficient (Wildman–Crippen LogP) is 7.69. The van der Waals surface area contributed by atoms with Crippen molar-refractivity contribution in [1.29, 1.82) is 0 Å². The lowest BCUT2D eigenvalue weighted by Gasteiger charge is -2.15. The van der Waals surface area contributed by atoms with Gasteiger partial charge < -0.3 is 21.4 Å². The number of anilines is 2. The normalized spacial score (nSPS) is 11.0. The van der Waals surface area contributed by atoms with Crippen molar-refractivity contribution >= 4 is 62.5 Å². The number of hydrogen-bond acceptors (Lipinski definition) is 3. The summed E-state index contributed by atoms with van der Waals surface area (Å²) < 4.78 is 13.3. The molecule has 5 N–H and O–H groups in total. The van der Waals surface area contributed by atoms with Crippen LogP contribution < -0.4 is 16.4 Å². The number of carbonyl (C=O) groups is 3. The molecule has 7 nitrogen and oxygen atoms in total. The first-order chi connectivity index (χ1) is 20.7. The summed E-state index contributed by atoms with van der Waals surface area (Å²) in [5, 5.41) is 7.93. The van der Waals surface area contributed by atoms with E-state index in [1.165, 1.54) is 24.3 Å². The number of rotatable bonds is 6. The molecule has 5 aromatic carbocycles. The highest BCUT2D eigenvalue weighted by molar-refractivity contribution is 6.30. The molecule has 0 unspecified atom stereocenters. The summed E-state index contributed by atoms with van der Waals surface area (Å²) in [5.74, 6) is -1.67. The highest BCUT2D eigenvalue weighted by atomic mass is 35.5. The van der Waals surface area contributed by atoms with Crippen LogP contribution in [0.2, 0.25) is 5.02 Å². The highest BCUT2D eigenvalue weighted by Crippen LogP contribution is 2.39. The second-order valence-electron chi connectivity index (χ2n) is 10.1. The molecule has 0 saturated heterocycles. The first kappa shape index (κ1) is 27.7. The molecular weight excluding hydrogens is 567 g/mol. The molecule has 0 spiro atoms. The van der Waals surface area contributed by atoms with Crippen LogP contribution in [0.25, 0.3) is 32.9 Å². The third-order valence-corrected chi connectivity index (χ3v) is 7.61. The van der Waals surface area contributed by atoms with Gasteiger partial charge in [0.2, 0.25) is 0 Å². The lowest BCUT2D eigenvalue weighted by molar-refractivity contribution is 0.0997. The summed E-state index contributed by atoms with van der Waals surface area (Å²) in [5.41, 5.74) is 11.7. The number of aromatic amines is 1. The first-order valence-corrected chi connectivity index (χ1v) is 13.7. The lowest BCUT2D eigenvalue weighted by atomic mass is 9.93. The van der Waals surface area contributed by atoms with Gasteiger partial charge in [-0.05, 0) is 96.4 Å². The van der Waals surface area contributed by atoms with E-state index in [0.29, 0.717) is 44.1 Å². The minimum atomic E-state index is -0.587. The number of carbonyl (C=O) groups excluding carboxylic acids is 3. The van der Waals surface area contributed by atoms with Gasteiger partial charge in [-0.2, -0.15) is 0 Å². The van der Waals surface area contributed by atoms with Gasteiger partial charge in [0.05, 0.1) is 11.1 Å². The molecule has 212 valence electrons. The molecule has 0 fully saturated rings. The van der Waals surface area contributed by atoms with Crippen molar-refractivity contribution in [2.75, 3.05) is 10.6 Å². The fraction of sp³-hybridized carbons (Fsp3) is 0.0294. The van der Waals surface area contributed by atoms with Crippen molar-refractivity contribution in [2.45, 2.75) is 6.92 Å². The van der Waals surface area contributed by atoms with Crippen LogP contribution in [0, 0.1) is 12.7 Å². The Morgan fingerprint density at radius 1 is 0.791 bits per heavy atom. The number of amides is 3. The lowest BCUT2D eigenvalue weighted by Crippen LogP contribution is -2.13. The fourth-order valence-corrected chi connectivity index (χ4v) is 5.31. The van der Waals surface area contributed by atoms with Crippen LogP contribution in [0.15, 0.2) is 97.1 Å². The van der Waals surface area contributed by atoms with E-state index in [-0.39, 0.29) is 11.8 Å². The van der Waals surface area contributed by atoms with Gasteiger partial charge in [0.1, 0.15) is 5.82 Å². The number of hydrogen-bond donors (Lipinski definition) is 4. The molecule has 43 heavy (non-hydrogen) atoms. The number of aromatic nitrogens is 1. The van der Waals surface area contributed by atoms with E-state index in [2.05, 4.69) is 15.6 Å². The first-order valence-electron chi connectivity index (χ1n) is 13.3. The van der Waals surface area contributed by atoms with Gasteiger partial charge in [0, 0.05) is 43.8 Å². The molecule has 3 amide bonds. The van der Waals surface area contributed by atoms with E-state index >= 15 is 0 Å². The highest BCUT2D eigenvalue weighted by Gasteiger charge is 2.19. The number of H-pyrrole nitrogens is 1. The van der Waals surface area contributed by atoms with Crippen LogP contribution in [0.4, 0.5) is 15.8 Å². The summed E-state index contributed by atoms with van der Waals surface area (Å²) in [6.07, 6.45) is 0. The molecule has 6 aromatic rings. The Kier molecular flexibility index (Phi) is 7.13. The van der Waals surface area contributed by atoms with Crippen LogP contribution in [0.1, 0.15) is 36.6 Å². The van der Waals surface area contributed by atoms with Crippen LogP contribution in [-0.4, -0.2) is 22.7 Å². The van der Waals surface area contributed by atoms with Crippen LogP contribution in [0.3, 0.4) is 0 Å². The molecule has 0 radical (unpaired) electrons. The number of nitrogens with one attached hydrogen (secondary N) is 3. The molecule has 0 bridgehead atoms. The van der Waals surface area contributed by atoms with Crippen molar-refractivity contribution < 1.29 is 18.8 Å². The quantitative estimate of drug-likeness (QED) is 0.159. The molecule has 9 heteroatoms. The number of nitrogens with two attached hydrogens (primary N) is 1. The molecule has 0 atom stereocenters. The topological polar surface area (TPSA) is 117 Å². The van der Waals surface area contributed by atoms with Crippen LogP contribution in [-0.2, 0) is 0 Å². The van der Waals surface area contributed by atoms with E-state index in [9.17, 15) is 18.8 Å². The van der Waals surface area contributed by atoms with Gasteiger partial charge in [0.15, 0.2) is 0 Å². The zero-order valence-corrected chi connectivity index (χ0v) is 23.6. The standard InChI is InChI=1S/C34H24ClFN4O3/c1-18-24(3-2-4-28(18)40-34(43)20-7-11-22(36)12-8-20)25-15-16-27(32(37)41)31-30(25)26-14-13-23(17-29(26)39-31)38-33(42)19-5-9-21(35)10-6-19/h2-17,39H,1H3,(H2,37,41)(H,38,42)(H,40,43). The van der Waals surface area contributed by atoms with Crippen molar-refractivity contribution in [3.05, 3.63) is 130 Å². The minimum Gasteiger partial charge on any atom is -0.366 e. The number of halogens is 2. The molecule has 1 heterocycles. The monoisotopic (exact) mass is 590 g/mol. The Balaban J connectivity index is 1.42. The van der Waals surface area contributed by atoms with E-state index < -0.39 is 11.7 Å². The Labute approximate surface area is 250 Å². The smallest absolute Gasteiger partial charge is 0.255 e. The maximum atomic E-state index is 13.3. The Hall–Kier alpha value is -5.47. The molecule has 0 aliphatic rings. The Morgan fingerprint density at radius 2 is 1.47 bits per heavy atom. The number of primary amides is 1. The maximum Gasteiger partial charge on any atom is 0.255 e. The van der Waals surface area contributed by atoms with Gasteiger partial charge in [0.25, 0.3) is 17.7 Å². The van der Waals surface area contributed by atoms with E-state index in [1.807, 2.05) is 31.2 Å². The van der Waals surface area contributed by atoms with E-state index in [1.54, 1.807) is 48.5 Å². The SMILES string of the molecule is Cc1c(NC(=O)c2ccc(F)cc2)cccc1-c1ccc(C(N)=O)c2[nH]c3cc(NC(=O)c4ccc(Cl)cc4)ccc3c12. The largest absolute Gasteiger partial charge is 0.366 e. The van der Waals surface area contributed by atoms with Crippen LogP contribution in [0.5, 0.6) is 0 Å². The summed E-state index contributed by atoms with van der Waals surface area (Å²) >= 11 is 5.94. The summed E-state index contributed by atoms with van der Waals surface area (Å²) in [6.45, 7) is 1.89. The van der Waals surface area contributed by atoms with Gasteiger partial charge in [-0.25, -0.2) is 4.39 Å². The third-order valence-electron chi connectivity index (χ3n) is 7.36. The molecule has 0 aliphatic heterocycles.